The van der Waals surface area contributed by atoms with Crippen LogP contribution in [0.25, 0.3) is 0 Å². The number of nitrogens with one attached hydrogen (secondary N) is 2. The lowest BCUT2D eigenvalue weighted by Crippen LogP contribution is -2.54. The molecule has 0 aromatic rings. The minimum absolute atomic E-state index is 0.0196. The first-order valence-corrected chi connectivity index (χ1v) is 6.49. The third-order valence-corrected chi connectivity index (χ3v) is 2.86. The minimum atomic E-state index is -0.486. The average Bonchev–Trinajstić information content (AvgIpc) is 2.30. The molecule has 0 aromatic carbocycles. The van der Waals surface area contributed by atoms with Gasteiger partial charge < -0.3 is 15.2 Å². The number of rotatable bonds is 4. The largest absolute Gasteiger partial charge is 0.394 e. The molecule has 3 N–H and O–H groups in total. The van der Waals surface area contributed by atoms with Crippen molar-refractivity contribution in [1.29, 1.82) is 0 Å². The Balaban J connectivity index is 2.40. The number of urea groups is 1. The van der Waals surface area contributed by atoms with Gasteiger partial charge in [0.15, 0.2) is 0 Å². The van der Waals surface area contributed by atoms with Gasteiger partial charge in [0.05, 0.1) is 25.9 Å². The van der Waals surface area contributed by atoms with E-state index in [9.17, 15) is 9.59 Å². The SMILES string of the molecule is CC(C)NC(=O)NC(=O)CN1CC(CO)OCC1C. The topological polar surface area (TPSA) is 90.9 Å². The second-order valence-electron chi connectivity index (χ2n) is 5.09. The van der Waals surface area contributed by atoms with Gasteiger partial charge in [0, 0.05) is 18.6 Å². The Morgan fingerprint density at radius 1 is 1.47 bits per heavy atom. The van der Waals surface area contributed by atoms with Crippen molar-refractivity contribution in [1.82, 2.24) is 15.5 Å². The van der Waals surface area contributed by atoms with Crippen molar-refractivity contribution in [2.75, 3.05) is 26.3 Å². The Hall–Kier alpha value is -1.18. The predicted octanol–water partition coefficient (Wildman–Crippen LogP) is -0.698. The summed E-state index contributed by atoms with van der Waals surface area (Å²) in [6, 6.07) is -0.421. The van der Waals surface area contributed by atoms with Crippen LogP contribution in [0.4, 0.5) is 4.79 Å². The van der Waals surface area contributed by atoms with Gasteiger partial charge in [-0.15, -0.1) is 0 Å². The number of amides is 3. The van der Waals surface area contributed by atoms with Crippen molar-refractivity contribution < 1.29 is 19.4 Å². The highest BCUT2D eigenvalue weighted by Gasteiger charge is 2.27. The smallest absolute Gasteiger partial charge is 0.321 e. The summed E-state index contributed by atoms with van der Waals surface area (Å²) in [6.45, 7) is 6.58. The highest BCUT2D eigenvalue weighted by Crippen LogP contribution is 2.10. The van der Waals surface area contributed by atoms with Crippen molar-refractivity contribution >= 4 is 11.9 Å². The molecule has 0 aliphatic carbocycles. The number of hydrogen-bond acceptors (Lipinski definition) is 5. The van der Waals surface area contributed by atoms with Gasteiger partial charge in [0.2, 0.25) is 5.91 Å². The van der Waals surface area contributed by atoms with E-state index < -0.39 is 6.03 Å². The van der Waals surface area contributed by atoms with E-state index in [-0.39, 0.29) is 37.2 Å². The van der Waals surface area contributed by atoms with E-state index in [0.717, 1.165) is 0 Å². The molecule has 1 rings (SSSR count). The zero-order valence-electron chi connectivity index (χ0n) is 11.7. The minimum Gasteiger partial charge on any atom is -0.394 e. The van der Waals surface area contributed by atoms with E-state index in [0.29, 0.717) is 13.2 Å². The highest BCUT2D eigenvalue weighted by atomic mass is 16.5. The van der Waals surface area contributed by atoms with Crippen molar-refractivity contribution in [3.05, 3.63) is 0 Å². The number of imide groups is 1. The van der Waals surface area contributed by atoms with Crippen LogP contribution in [0.3, 0.4) is 0 Å². The maximum absolute atomic E-state index is 11.7. The summed E-state index contributed by atoms with van der Waals surface area (Å²) in [5, 5.41) is 13.9. The number of aliphatic hydroxyl groups excluding tert-OH is 1. The molecule has 1 heterocycles. The van der Waals surface area contributed by atoms with E-state index in [1.165, 1.54) is 0 Å². The van der Waals surface area contributed by atoms with Crippen LogP contribution in [-0.2, 0) is 9.53 Å². The quantitative estimate of drug-likeness (QED) is 0.630. The Labute approximate surface area is 113 Å². The molecule has 1 aliphatic heterocycles. The molecule has 0 spiro atoms. The Morgan fingerprint density at radius 3 is 2.74 bits per heavy atom. The zero-order valence-corrected chi connectivity index (χ0v) is 11.7. The number of hydrogen-bond donors (Lipinski definition) is 3. The summed E-state index contributed by atoms with van der Waals surface area (Å²) >= 11 is 0. The first kappa shape index (κ1) is 15.9. The molecule has 1 saturated heterocycles. The third-order valence-electron chi connectivity index (χ3n) is 2.86. The molecule has 7 nitrogen and oxygen atoms in total. The van der Waals surface area contributed by atoms with E-state index >= 15 is 0 Å². The van der Waals surface area contributed by atoms with E-state index in [1.54, 1.807) is 0 Å². The molecule has 7 heteroatoms. The van der Waals surface area contributed by atoms with Crippen molar-refractivity contribution in [2.45, 2.75) is 39.0 Å². The van der Waals surface area contributed by atoms with Crippen molar-refractivity contribution in [3.63, 3.8) is 0 Å². The molecule has 19 heavy (non-hydrogen) atoms. The molecule has 1 fully saturated rings. The second-order valence-corrected chi connectivity index (χ2v) is 5.09. The number of nitrogens with zero attached hydrogens (tertiary/aromatic N) is 1. The first-order chi connectivity index (χ1) is 8.92. The summed E-state index contributed by atoms with van der Waals surface area (Å²) in [7, 11) is 0. The molecule has 0 aromatic heterocycles. The van der Waals surface area contributed by atoms with Gasteiger partial charge in [-0.05, 0) is 20.8 Å². The molecule has 110 valence electrons. The monoisotopic (exact) mass is 273 g/mol. The summed E-state index contributed by atoms with van der Waals surface area (Å²) in [6.07, 6.45) is -0.270. The van der Waals surface area contributed by atoms with Crippen LogP contribution in [-0.4, -0.2) is 66.4 Å². The van der Waals surface area contributed by atoms with Gasteiger partial charge in [0.1, 0.15) is 0 Å². The Morgan fingerprint density at radius 2 is 2.16 bits per heavy atom. The zero-order chi connectivity index (χ0) is 14.4. The second kappa shape index (κ2) is 7.42. The van der Waals surface area contributed by atoms with Gasteiger partial charge in [-0.1, -0.05) is 0 Å². The summed E-state index contributed by atoms with van der Waals surface area (Å²) < 4.78 is 5.38. The fourth-order valence-electron chi connectivity index (χ4n) is 1.85. The number of carbonyl (C=O) groups excluding carboxylic acids is 2. The van der Waals surface area contributed by atoms with Gasteiger partial charge >= 0.3 is 6.03 Å². The lowest BCUT2D eigenvalue weighted by Gasteiger charge is -2.36. The van der Waals surface area contributed by atoms with Crippen LogP contribution >= 0.6 is 0 Å². The lowest BCUT2D eigenvalue weighted by molar-refractivity contribution is -0.126. The Kier molecular flexibility index (Phi) is 6.20. The van der Waals surface area contributed by atoms with Gasteiger partial charge in [-0.25, -0.2) is 4.79 Å². The number of aliphatic hydroxyl groups is 1. The van der Waals surface area contributed by atoms with Crippen LogP contribution in [0.5, 0.6) is 0 Å². The number of ether oxygens (including phenoxy) is 1. The van der Waals surface area contributed by atoms with Crippen LogP contribution in [0.1, 0.15) is 20.8 Å². The van der Waals surface area contributed by atoms with E-state index in [4.69, 9.17) is 9.84 Å². The first-order valence-electron chi connectivity index (χ1n) is 6.49. The van der Waals surface area contributed by atoms with Gasteiger partial charge in [0.25, 0.3) is 0 Å². The Bertz CT molecular complexity index is 322. The van der Waals surface area contributed by atoms with Gasteiger partial charge in [-0.3, -0.25) is 15.0 Å². The van der Waals surface area contributed by atoms with E-state index in [1.807, 2.05) is 25.7 Å². The van der Waals surface area contributed by atoms with Crippen LogP contribution in [0.15, 0.2) is 0 Å². The molecular weight excluding hydrogens is 250 g/mol. The number of carbonyl (C=O) groups is 2. The fraction of sp³-hybridized carbons (Fsp3) is 0.833. The summed E-state index contributed by atoms with van der Waals surface area (Å²) in [5.41, 5.74) is 0. The molecule has 0 bridgehead atoms. The third kappa shape index (κ3) is 5.54. The molecule has 0 saturated carbocycles. The molecule has 1 aliphatic rings. The molecule has 2 unspecified atom stereocenters. The fourth-order valence-corrected chi connectivity index (χ4v) is 1.85. The van der Waals surface area contributed by atoms with Crippen LogP contribution in [0, 0.1) is 0 Å². The maximum Gasteiger partial charge on any atom is 0.321 e. The average molecular weight is 273 g/mol. The predicted molar refractivity (Wildman–Crippen MR) is 69.7 cm³/mol. The normalized spacial score (nSPS) is 24.3. The number of morpholine rings is 1. The summed E-state index contributed by atoms with van der Waals surface area (Å²) in [4.78, 5) is 25.0. The van der Waals surface area contributed by atoms with Crippen LogP contribution in [0.2, 0.25) is 0 Å². The molecular formula is C12H23N3O4. The van der Waals surface area contributed by atoms with Crippen molar-refractivity contribution in [2.24, 2.45) is 0 Å². The molecule has 2 atom stereocenters. The van der Waals surface area contributed by atoms with Crippen LogP contribution < -0.4 is 10.6 Å². The highest BCUT2D eigenvalue weighted by molar-refractivity contribution is 5.95. The standard InChI is InChI=1S/C12H23N3O4/c1-8(2)13-12(18)14-11(17)5-15-4-10(6-16)19-7-9(15)3/h8-10,16H,4-7H2,1-3H3,(H2,13,14,17,18). The maximum atomic E-state index is 11.7. The van der Waals surface area contributed by atoms with Gasteiger partial charge in [-0.2, -0.15) is 0 Å². The van der Waals surface area contributed by atoms with Crippen molar-refractivity contribution in [3.8, 4) is 0 Å². The van der Waals surface area contributed by atoms with E-state index in [2.05, 4.69) is 10.6 Å². The summed E-state index contributed by atoms with van der Waals surface area (Å²) in [5.74, 6) is -0.358. The molecule has 3 amide bonds. The molecule has 0 radical (unpaired) electrons. The lowest BCUT2D eigenvalue weighted by atomic mass is 10.2.